The first kappa shape index (κ1) is 11.1. The summed E-state index contributed by atoms with van der Waals surface area (Å²) >= 11 is 5.79. The van der Waals surface area contributed by atoms with Crippen molar-refractivity contribution in [1.29, 1.82) is 0 Å². The molecule has 0 spiro atoms. The van der Waals surface area contributed by atoms with Gasteiger partial charge in [0.15, 0.2) is 0 Å². The highest BCUT2D eigenvalue weighted by molar-refractivity contribution is 6.30. The summed E-state index contributed by atoms with van der Waals surface area (Å²) in [5.74, 6) is -0.0268. The van der Waals surface area contributed by atoms with E-state index in [1.165, 1.54) is 0 Å². The Kier molecular flexibility index (Phi) is 3.96. The van der Waals surface area contributed by atoms with Crippen LogP contribution in [0.2, 0.25) is 5.02 Å². The predicted octanol–water partition coefficient (Wildman–Crippen LogP) is 2.79. The number of halogens is 1. The number of nitrogens with one attached hydrogen (secondary N) is 1. The maximum Gasteiger partial charge on any atom is 0.251 e. The molecular weight excluding hydrogens is 198 g/mol. The molecule has 14 heavy (non-hydrogen) atoms. The van der Waals surface area contributed by atoms with Crippen molar-refractivity contribution < 1.29 is 4.79 Å². The molecule has 0 aliphatic heterocycles. The monoisotopic (exact) mass is 211 g/mol. The van der Waals surface area contributed by atoms with Crippen LogP contribution >= 0.6 is 11.6 Å². The van der Waals surface area contributed by atoms with Gasteiger partial charge in [-0.05, 0) is 37.1 Å². The zero-order valence-electron chi connectivity index (χ0n) is 8.43. The van der Waals surface area contributed by atoms with Crippen molar-refractivity contribution >= 4 is 17.5 Å². The van der Waals surface area contributed by atoms with Gasteiger partial charge in [0.1, 0.15) is 0 Å². The maximum atomic E-state index is 11.6. The van der Waals surface area contributed by atoms with E-state index in [0.29, 0.717) is 17.1 Å². The van der Waals surface area contributed by atoms with Gasteiger partial charge in [-0.25, -0.2) is 0 Å². The molecule has 0 bridgehead atoms. The first-order valence-electron chi connectivity index (χ1n) is 4.69. The van der Waals surface area contributed by atoms with Crippen molar-refractivity contribution in [3.63, 3.8) is 0 Å². The summed E-state index contributed by atoms with van der Waals surface area (Å²) < 4.78 is 0. The van der Waals surface area contributed by atoms with E-state index in [2.05, 4.69) is 5.32 Å². The zero-order chi connectivity index (χ0) is 10.6. The van der Waals surface area contributed by atoms with Crippen LogP contribution in [0.1, 0.15) is 29.3 Å². The van der Waals surface area contributed by atoms with Crippen LogP contribution in [0.5, 0.6) is 0 Å². The van der Waals surface area contributed by atoms with Crippen molar-refractivity contribution in [2.24, 2.45) is 0 Å². The molecule has 3 heteroatoms. The van der Waals surface area contributed by atoms with Crippen molar-refractivity contribution in [1.82, 2.24) is 5.32 Å². The van der Waals surface area contributed by atoms with Gasteiger partial charge in [-0.2, -0.15) is 0 Å². The quantitative estimate of drug-likeness (QED) is 0.819. The average Bonchev–Trinajstić information content (AvgIpc) is 2.14. The van der Waals surface area contributed by atoms with Crippen LogP contribution in [0.3, 0.4) is 0 Å². The number of hydrogen-bond donors (Lipinski definition) is 1. The van der Waals surface area contributed by atoms with Crippen LogP contribution < -0.4 is 5.32 Å². The lowest BCUT2D eigenvalue weighted by atomic mass is 10.1. The fraction of sp³-hybridized carbons (Fsp3) is 0.364. The van der Waals surface area contributed by atoms with Gasteiger partial charge in [0.25, 0.3) is 5.91 Å². The largest absolute Gasteiger partial charge is 0.352 e. The molecule has 0 aliphatic carbocycles. The Hall–Kier alpha value is -1.02. The Morgan fingerprint density at radius 2 is 2.21 bits per heavy atom. The van der Waals surface area contributed by atoms with Gasteiger partial charge in [0.05, 0.1) is 0 Å². The molecule has 0 radical (unpaired) electrons. The number of carbonyl (C=O) groups excluding carboxylic acids is 1. The molecular formula is C11H14ClNO. The molecule has 76 valence electrons. The van der Waals surface area contributed by atoms with Crippen LogP contribution in [-0.2, 0) is 0 Å². The third kappa shape index (κ3) is 2.74. The lowest BCUT2D eigenvalue weighted by molar-refractivity contribution is 0.0953. The van der Waals surface area contributed by atoms with Crippen molar-refractivity contribution in [3.8, 4) is 0 Å². The fourth-order valence-electron chi connectivity index (χ4n) is 1.22. The minimum Gasteiger partial charge on any atom is -0.352 e. The number of amides is 1. The molecule has 0 atom stereocenters. The summed E-state index contributed by atoms with van der Waals surface area (Å²) in [6, 6.07) is 5.28. The number of rotatable bonds is 3. The zero-order valence-corrected chi connectivity index (χ0v) is 9.19. The SMILES string of the molecule is CCCNC(=O)c1ccc(Cl)cc1C. The molecule has 0 saturated heterocycles. The van der Waals surface area contributed by atoms with E-state index in [0.717, 1.165) is 12.0 Å². The van der Waals surface area contributed by atoms with E-state index in [-0.39, 0.29) is 5.91 Å². The van der Waals surface area contributed by atoms with Gasteiger partial charge in [-0.15, -0.1) is 0 Å². The summed E-state index contributed by atoms with van der Waals surface area (Å²) in [7, 11) is 0. The van der Waals surface area contributed by atoms with E-state index in [1.54, 1.807) is 18.2 Å². The van der Waals surface area contributed by atoms with E-state index in [4.69, 9.17) is 11.6 Å². The van der Waals surface area contributed by atoms with E-state index >= 15 is 0 Å². The first-order chi connectivity index (χ1) is 6.65. The Balaban J connectivity index is 2.80. The lowest BCUT2D eigenvalue weighted by Gasteiger charge is -2.06. The van der Waals surface area contributed by atoms with Crippen molar-refractivity contribution in [3.05, 3.63) is 34.3 Å². The third-order valence-electron chi connectivity index (χ3n) is 1.97. The second-order valence-corrected chi connectivity index (χ2v) is 3.65. The van der Waals surface area contributed by atoms with Gasteiger partial charge in [0, 0.05) is 17.1 Å². The number of benzene rings is 1. The van der Waals surface area contributed by atoms with Crippen LogP contribution in [0.25, 0.3) is 0 Å². The average molecular weight is 212 g/mol. The van der Waals surface area contributed by atoms with Crippen LogP contribution in [0.15, 0.2) is 18.2 Å². The molecule has 1 aromatic rings. The third-order valence-corrected chi connectivity index (χ3v) is 2.20. The van der Waals surface area contributed by atoms with E-state index < -0.39 is 0 Å². The topological polar surface area (TPSA) is 29.1 Å². The number of carbonyl (C=O) groups is 1. The molecule has 1 N–H and O–H groups in total. The van der Waals surface area contributed by atoms with Gasteiger partial charge in [0.2, 0.25) is 0 Å². The highest BCUT2D eigenvalue weighted by atomic mass is 35.5. The molecule has 1 rings (SSSR count). The number of aryl methyl sites for hydroxylation is 1. The first-order valence-corrected chi connectivity index (χ1v) is 5.07. The van der Waals surface area contributed by atoms with Crippen LogP contribution in [-0.4, -0.2) is 12.5 Å². The molecule has 0 aliphatic rings. The molecule has 0 heterocycles. The van der Waals surface area contributed by atoms with Gasteiger partial charge < -0.3 is 5.32 Å². The van der Waals surface area contributed by atoms with E-state index in [9.17, 15) is 4.79 Å². The van der Waals surface area contributed by atoms with Crippen molar-refractivity contribution in [2.75, 3.05) is 6.54 Å². The summed E-state index contributed by atoms with van der Waals surface area (Å²) in [5, 5.41) is 3.49. The Labute approximate surface area is 89.3 Å². The van der Waals surface area contributed by atoms with Gasteiger partial charge in [-0.3, -0.25) is 4.79 Å². The molecule has 0 saturated carbocycles. The molecule has 0 unspecified atom stereocenters. The fourth-order valence-corrected chi connectivity index (χ4v) is 1.44. The summed E-state index contributed by atoms with van der Waals surface area (Å²) in [6.07, 6.45) is 0.943. The predicted molar refractivity (Wildman–Crippen MR) is 58.8 cm³/mol. The molecule has 0 fully saturated rings. The minimum absolute atomic E-state index is 0.0268. The lowest BCUT2D eigenvalue weighted by Crippen LogP contribution is -2.24. The number of hydrogen-bond acceptors (Lipinski definition) is 1. The Bertz CT molecular complexity index is 336. The maximum absolute atomic E-state index is 11.6. The van der Waals surface area contributed by atoms with Crippen LogP contribution in [0, 0.1) is 6.92 Å². The minimum atomic E-state index is -0.0268. The van der Waals surface area contributed by atoms with Crippen LogP contribution in [0.4, 0.5) is 0 Å². The van der Waals surface area contributed by atoms with E-state index in [1.807, 2.05) is 13.8 Å². The second kappa shape index (κ2) is 5.01. The van der Waals surface area contributed by atoms with Gasteiger partial charge >= 0.3 is 0 Å². The Morgan fingerprint density at radius 1 is 1.50 bits per heavy atom. The molecule has 2 nitrogen and oxygen atoms in total. The summed E-state index contributed by atoms with van der Waals surface area (Å²) in [6.45, 7) is 4.61. The van der Waals surface area contributed by atoms with Gasteiger partial charge in [-0.1, -0.05) is 18.5 Å². The smallest absolute Gasteiger partial charge is 0.251 e. The Morgan fingerprint density at radius 3 is 2.79 bits per heavy atom. The highest BCUT2D eigenvalue weighted by Gasteiger charge is 2.07. The molecule has 1 aromatic carbocycles. The second-order valence-electron chi connectivity index (χ2n) is 3.22. The summed E-state index contributed by atoms with van der Waals surface area (Å²) in [5.41, 5.74) is 1.61. The molecule has 0 aromatic heterocycles. The standard InChI is InChI=1S/C11H14ClNO/c1-3-6-13-11(14)10-5-4-9(12)7-8(10)2/h4-5,7H,3,6H2,1-2H3,(H,13,14). The van der Waals surface area contributed by atoms with Crippen molar-refractivity contribution in [2.45, 2.75) is 20.3 Å². The normalized spacial score (nSPS) is 9.93. The highest BCUT2D eigenvalue weighted by Crippen LogP contribution is 2.14. The molecule has 1 amide bonds. The summed E-state index contributed by atoms with van der Waals surface area (Å²) in [4.78, 5) is 11.6.